The summed E-state index contributed by atoms with van der Waals surface area (Å²) in [7, 11) is 0. The molecule has 1 aliphatic heterocycles. The maximum absolute atomic E-state index is 12.8. The van der Waals surface area contributed by atoms with Gasteiger partial charge in [-0.2, -0.15) is 0 Å². The summed E-state index contributed by atoms with van der Waals surface area (Å²) in [6, 6.07) is 3.03. The van der Waals surface area contributed by atoms with Crippen molar-refractivity contribution in [3.8, 4) is 0 Å². The van der Waals surface area contributed by atoms with Gasteiger partial charge < -0.3 is 30.3 Å². The van der Waals surface area contributed by atoms with Gasteiger partial charge in [-0.1, -0.05) is 6.07 Å². The lowest BCUT2D eigenvalue weighted by molar-refractivity contribution is -0.139. The van der Waals surface area contributed by atoms with Crippen LogP contribution in [0.4, 0.5) is 10.6 Å². The molecule has 1 unspecified atom stereocenters. The number of carbonyl (C=O) groups excluding carboxylic acids is 1. The van der Waals surface area contributed by atoms with Crippen molar-refractivity contribution < 1.29 is 19.4 Å². The number of carboxylic acids is 1. The summed E-state index contributed by atoms with van der Waals surface area (Å²) in [5.41, 5.74) is 2.41. The summed E-state index contributed by atoms with van der Waals surface area (Å²) in [4.78, 5) is 33.4. The smallest absolute Gasteiger partial charge is 0.326 e. The van der Waals surface area contributed by atoms with E-state index in [2.05, 4.69) is 27.7 Å². The molecule has 2 heterocycles. The van der Waals surface area contributed by atoms with Crippen molar-refractivity contribution in [1.29, 1.82) is 0 Å². The Morgan fingerprint density at radius 3 is 2.46 bits per heavy atom. The fourth-order valence-electron chi connectivity index (χ4n) is 4.76. The largest absolute Gasteiger partial charge is 0.480 e. The first-order chi connectivity index (χ1) is 17.6. The number of ether oxygens (including phenoxy) is 1. The minimum Gasteiger partial charge on any atom is -0.480 e. The van der Waals surface area contributed by atoms with Gasteiger partial charge in [0.25, 0.3) is 0 Å². The molecule has 1 aromatic heterocycles. The minimum absolute atomic E-state index is 0.0143. The van der Waals surface area contributed by atoms with Crippen molar-refractivity contribution in [2.24, 2.45) is 0 Å². The van der Waals surface area contributed by atoms with Crippen molar-refractivity contribution in [3.05, 3.63) is 23.4 Å². The molecule has 0 saturated heterocycles. The fraction of sp³-hybridized carbons (Fsp3) is 0.750. The maximum atomic E-state index is 12.8. The number of carboxylic acid groups (broad SMARTS) is 1. The second kappa shape index (κ2) is 15.8. The topological polar surface area (TPSA) is 107 Å². The SMILES string of the molecule is CC(C)OCCN(CCCCc1ccc2c(n1)NCCC2)CCC(NC(=O)N(C(C)C)C(C)C)C(=O)O. The van der Waals surface area contributed by atoms with Gasteiger partial charge in [-0.3, -0.25) is 0 Å². The molecular formula is C28H49N5O4. The summed E-state index contributed by atoms with van der Waals surface area (Å²) >= 11 is 0. The first-order valence-corrected chi connectivity index (χ1v) is 14.0. The molecule has 0 bridgehead atoms. The number of unbranched alkanes of at least 4 members (excludes halogenated alkanes) is 1. The number of hydrogen-bond acceptors (Lipinski definition) is 6. The third-order valence-corrected chi connectivity index (χ3v) is 6.64. The van der Waals surface area contributed by atoms with E-state index >= 15 is 0 Å². The third kappa shape index (κ3) is 10.9. The van der Waals surface area contributed by atoms with E-state index in [-0.39, 0.29) is 24.2 Å². The van der Waals surface area contributed by atoms with E-state index < -0.39 is 12.0 Å². The number of rotatable bonds is 16. The van der Waals surface area contributed by atoms with Crippen LogP contribution in [-0.4, -0.2) is 88.9 Å². The Bertz CT molecular complexity index is 838. The summed E-state index contributed by atoms with van der Waals surface area (Å²) < 4.78 is 5.75. The molecule has 2 rings (SSSR count). The molecule has 1 aromatic rings. The van der Waals surface area contributed by atoms with E-state index in [1.807, 2.05) is 41.5 Å². The maximum Gasteiger partial charge on any atom is 0.326 e. The number of amides is 2. The number of aliphatic carboxylic acids is 1. The molecule has 2 amide bonds. The lowest BCUT2D eigenvalue weighted by atomic mass is 10.1. The van der Waals surface area contributed by atoms with E-state index in [1.165, 1.54) is 5.56 Å². The van der Waals surface area contributed by atoms with E-state index in [0.717, 1.165) is 63.3 Å². The van der Waals surface area contributed by atoms with Gasteiger partial charge in [-0.25, -0.2) is 14.6 Å². The molecule has 3 N–H and O–H groups in total. The van der Waals surface area contributed by atoms with Gasteiger partial charge in [-0.15, -0.1) is 0 Å². The standard InChI is InChI=1S/C28H49N5O4/c1-20(2)33(21(3)4)28(36)31-25(27(34)35)14-17-32(18-19-37-22(5)6)16-8-7-11-24-13-12-23-10-9-15-29-26(23)30-24/h12-13,20-22,25H,7-11,14-19H2,1-6H3,(H,29,30)(H,31,36)(H,34,35). The van der Waals surface area contributed by atoms with E-state index in [4.69, 9.17) is 9.72 Å². The van der Waals surface area contributed by atoms with E-state index in [9.17, 15) is 14.7 Å². The molecule has 0 aliphatic carbocycles. The van der Waals surface area contributed by atoms with Crippen LogP contribution in [0.25, 0.3) is 0 Å². The molecule has 0 spiro atoms. The first kappa shape index (κ1) is 30.8. The Hall–Kier alpha value is -2.39. The van der Waals surface area contributed by atoms with Crippen LogP contribution in [-0.2, 0) is 22.4 Å². The van der Waals surface area contributed by atoms with Crippen LogP contribution in [0.15, 0.2) is 12.1 Å². The Labute approximate surface area is 223 Å². The number of hydrogen-bond donors (Lipinski definition) is 3. The van der Waals surface area contributed by atoms with Gasteiger partial charge in [0.2, 0.25) is 0 Å². The number of nitrogens with one attached hydrogen (secondary N) is 2. The highest BCUT2D eigenvalue weighted by molar-refractivity contribution is 5.82. The Morgan fingerprint density at radius 1 is 1.08 bits per heavy atom. The number of carbonyl (C=O) groups is 2. The molecule has 1 aliphatic rings. The molecule has 9 nitrogen and oxygen atoms in total. The number of aryl methyl sites for hydroxylation is 2. The van der Waals surface area contributed by atoms with Gasteiger partial charge in [0.05, 0.1) is 12.7 Å². The lowest BCUT2D eigenvalue weighted by Crippen LogP contribution is -2.53. The molecule has 1 atom stereocenters. The van der Waals surface area contributed by atoms with Crippen LogP contribution in [0.5, 0.6) is 0 Å². The molecule has 0 aromatic carbocycles. The monoisotopic (exact) mass is 519 g/mol. The number of fused-ring (bicyclic) bond motifs is 1. The average Bonchev–Trinajstić information content (AvgIpc) is 2.82. The third-order valence-electron chi connectivity index (χ3n) is 6.64. The highest BCUT2D eigenvalue weighted by atomic mass is 16.5. The van der Waals surface area contributed by atoms with Gasteiger partial charge in [0.1, 0.15) is 11.9 Å². The second-order valence-corrected chi connectivity index (χ2v) is 10.8. The Kier molecular flexibility index (Phi) is 13.1. The first-order valence-electron chi connectivity index (χ1n) is 14.0. The zero-order chi connectivity index (χ0) is 27.4. The molecule has 0 fully saturated rings. The minimum atomic E-state index is -1.01. The molecule has 9 heteroatoms. The Morgan fingerprint density at radius 2 is 1.81 bits per heavy atom. The normalized spacial score (nSPS) is 14.1. The lowest BCUT2D eigenvalue weighted by Gasteiger charge is -2.32. The van der Waals surface area contributed by atoms with Crippen LogP contribution in [0.2, 0.25) is 0 Å². The van der Waals surface area contributed by atoms with Gasteiger partial charge in [0, 0.05) is 37.4 Å². The average molecular weight is 520 g/mol. The summed E-state index contributed by atoms with van der Waals surface area (Å²) in [6.45, 7) is 15.5. The number of anilines is 1. The molecule has 37 heavy (non-hydrogen) atoms. The summed E-state index contributed by atoms with van der Waals surface area (Å²) in [5.74, 6) is 0.0257. The van der Waals surface area contributed by atoms with Crippen LogP contribution in [0.1, 0.15) is 78.5 Å². The number of pyridine rings is 1. The van der Waals surface area contributed by atoms with Gasteiger partial charge in [-0.05, 0) is 98.2 Å². The molecular weight excluding hydrogens is 470 g/mol. The van der Waals surface area contributed by atoms with Crippen LogP contribution in [0, 0.1) is 0 Å². The predicted octanol–water partition coefficient (Wildman–Crippen LogP) is 4.16. The number of aromatic nitrogens is 1. The zero-order valence-corrected chi connectivity index (χ0v) is 23.8. The molecule has 0 radical (unpaired) electrons. The quantitative estimate of drug-likeness (QED) is 0.282. The van der Waals surface area contributed by atoms with Crippen molar-refractivity contribution in [1.82, 2.24) is 20.1 Å². The zero-order valence-electron chi connectivity index (χ0n) is 23.8. The predicted molar refractivity (Wildman–Crippen MR) is 148 cm³/mol. The van der Waals surface area contributed by atoms with Crippen LogP contribution >= 0.6 is 0 Å². The van der Waals surface area contributed by atoms with Crippen molar-refractivity contribution >= 4 is 17.8 Å². The highest BCUT2D eigenvalue weighted by Gasteiger charge is 2.26. The fourth-order valence-corrected chi connectivity index (χ4v) is 4.76. The Balaban J connectivity index is 1.89. The number of urea groups is 1. The molecule has 0 saturated carbocycles. The van der Waals surface area contributed by atoms with Crippen molar-refractivity contribution in [2.45, 2.75) is 104 Å². The van der Waals surface area contributed by atoms with E-state index in [1.54, 1.807) is 4.90 Å². The summed E-state index contributed by atoms with van der Waals surface area (Å²) in [5, 5.41) is 15.9. The highest BCUT2D eigenvalue weighted by Crippen LogP contribution is 2.20. The van der Waals surface area contributed by atoms with E-state index in [0.29, 0.717) is 19.6 Å². The molecule has 210 valence electrons. The van der Waals surface area contributed by atoms with Gasteiger partial charge >= 0.3 is 12.0 Å². The van der Waals surface area contributed by atoms with Crippen LogP contribution in [0.3, 0.4) is 0 Å². The van der Waals surface area contributed by atoms with Crippen molar-refractivity contribution in [2.75, 3.05) is 38.1 Å². The number of nitrogens with zero attached hydrogens (tertiary/aromatic N) is 3. The summed E-state index contributed by atoms with van der Waals surface area (Å²) in [6.07, 6.45) is 5.63. The van der Waals surface area contributed by atoms with Crippen molar-refractivity contribution in [3.63, 3.8) is 0 Å². The van der Waals surface area contributed by atoms with Crippen LogP contribution < -0.4 is 10.6 Å². The second-order valence-electron chi connectivity index (χ2n) is 10.8. The van der Waals surface area contributed by atoms with Gasteiger partial charge in [0.15, 0.2) is 0 Å².